The number of likely N-dealkylation sites (tertiary alicyclic amines) is 1. The molecule has 1 fully saturated rings. The maximum atomic E-state index is 13.4. The first kappa shape index (κ1) is 22.5. The summed E-state index contributed by atoms with van der Waals surface area (Å²) in [6, 6.07) is 4.70. The van der Waals surface area contributed by atoms with Crippen molar-refractivity contribution < 1.29 is 13.7 Å². The van der Waals surface area contributed by atoms with Crippen LogP contribution < -0.4 is 0 Å². The van der Waals surface area contributed by atoms with Gasteiger partial charge in [-0.3, -0.25) is 4.79 Å². The number of aryl methyl sites for hydroxylation is 1. The molecule has 5 nitrogen and oxygen atoms in total. The summed E-state index contributed by atoms with van der Waals surface area (Å²) >= 11 is 1.88. The maximum absolute atomic E-state index is 13.4. The van der Waals surface area contributed by atoms with Crippen LogP contribution in [0.15, 0.2) is 22.7 Å². The third kappa shape index (κ3) is 4.45. The fraction of sp³-hybridized carbons (Fsp3) is 0.538. The van der Waals surface area contributed by atoms with E-state index >= 15 is 0 Å². The Morgan fingerprint density at radius 1 is 1.27 bits per heavy atom. The second-order valence-electron chi connectivity index (χ2n) is 9.78. The van der Waals surface area contributed by atoms with Crippen molar-refractivity contribution in [3.8, 4) is 0 Å². The summed E-state index contributed by atoms with van der Waals surface area (Å²) in [5.41, 5.74) is 4.53. The molecule has 0 spiro atoms. The average Bonchev–Trinajstić information content (AvgIpc) is 3.36. The van der Waals surface area contributed by atoms with Gasteiger partial charge in [-0.25, -0.2) is 4.39 Å². The summed E-state index contributed by atoms with van der Waals surface area (Å²) in [5, 5.41) is 5.22. The second-order valence-corrected chi connectivity index (χ2v) is 11.1. The third-order valence-corrected chi connectivity index (χ3v) is 8.46. The van der Waals surface area contributed by atoms with Crippen LogP contribution >= 0.6 is 11.3 Å². The van der Waals surface area contributed by atoms with E-state index in [2.05, 4.69) is 17.0 Å². The van der Waals surface area contributed by atoms with E-state index in [1.54, 1.807) is 6.07 Å². The normalized spacial score (nSPS) is 17.8. The number of nitrogens with zero attached hydrogens (tertiary/aromatic N) is 3. The molecule has 5 rings (SSSR count). The van der Waals surface area contributed by atoms with E-state index in [0.29, 0.717) is 11.5 Å². The molecule has 7 heteroatoms. The summed E-state index contributed by atoms with van der Waals surface area (Å²) < 4.78 is 18.8. The summed E-state index contributed by atoms with van der Waals surface area (Å²) in [6.07, 6.45) is 4.15. The third-order valence-electron chi connectivity index (χ3n) is 7.29. The molecule has 0 bridgehead atoms. The zero-order valence-corrected chi connectivity index (χ0v) is 20.5. The van der Waals surface area contributed by atoms with Crippen molar-refractivity contribution in [2.45, 2.75) is 58.9 Å². The van der Waals surface area contributed by atoms with E-state index in [9.17, 15) is 9.18 Å². The van der Waals surface area contributed by atoms with E-state index in [1.807, 2.05) is 30.1 Å². The number of thiophene rings is 1. The Morgan fingerprint density at radius 2 is 2.06 bits per heavy atom. The highest BCUT2D eigenvalue weighted by Gasteiger charge is 2.28. The summed E-state index contributed by atoms with van der Waals surface area (Å²) in [6.45, 7) is 11.0. The van der Waals surface area contributed by atoms with Crippen LogP contribution in [0.3, 0.4) is 0 Å². The lowest BCUT2D eigenvalue weighted by Gasteiger charge is -2.31. The second kappa shape index (κ2) is 9.18. The van der Waals surface area contributed by atoms with E-state index in [-0.39, 0.29) is 17.6 Å². The van der Waals surface area contributed by atoms with Gasteiger partial charge in [0.25, 0.3) is 0 Å². The molecule has 2 aliphatic rings. The van der Waals surface area contributed by atoms with E-state index < -0.39 is 0 Å². The molecule has 4 heterocycles. The van der Waals surface area contributed by atoms with Gasteiger partial charge in [-0.2, -0.15) is 0 Å². The molecule has 3 aromatic rings. The molecule has 0 unspecified atom stereocenters. The minimum absolute atomic E-state index is 0.0615. The van der Waals surface area contributed by atoms with Crippen molar-refractivity contribution in [2.24, 2.45) is 5.92 Å². The Bertz CT molecular complexity index is 1160. The highest BCUT2D eigenvalue weighted by atomic mass is 32.1. The molecule has 0 atom stereocenters. The Balaban J connectivity index is 1.19. The zero-order valence-electron chi connectivity index (χ0n) is 19.7. The van der Waals surface area contributed by atoms with Crippen LogP contribution in [0.2, 0.25) is 0 Å². The van der Waals surface area contributed by atoms with Gasteiger partial charge in [-0.05, 0) is 69.0 Å². The molecule has 0 aliphatic carbocycles. The van der Waals surface area contributed by atoms with E-state index in [4.69, 9.17) is 4.52 Å². The first-order chi connectivity index (χ1) is 15.9. The number of rotatable bonds is 5. The van der Waals surface area contributed by atoms with Gasteiger partial charge in [0.1, 0.15) is 5.82 Å². The lowest BCUT2D eigenvalue weighted by Crippen LogP contribution is -2.38. The number of fused-ring (bicyclic) bond motifs is 2. The first-order valence-electron chi connectivity index (χ1n) is 12.1. The molecule has 0 saturated carbocycles. The fourth-order valence-electron chi connectivity index (χ4n) is 5.41. The van der Waals surface area contributed by atoms with Crippen LogP contribution in [0.4, 0.5) is 4.39 Å². The fourth-order valence-corrected chi connectivity index (χ4v) is 6.70. The SMILES string of the molecule is Cc1sc2c(c1CCN1CCC(c3noc4cc(F)ccc34)CC1)CCN(C(=O)C(C)C)C2. The molecule has 1 amide bonds. The molecule has 0 radical (unpaired) electrons. The number of amides is 1. The Morgan fingerprint density at radius 3 is 2.82 bits per heavy atom. The van der Waals surface area contributed by atoms with Gasteiger partial charge in [0.2, 0.25) is 5.91 Å². The molecular weight excluding hydrogens is 437 g/mol. The van der Waals surface area contributed by atoms with Gasteiger partial charge in [0.05, 0.1) is 12.2 Å². The lowest BCUT2D eigenvalue weighted by molar-refractivity contribution is -0.135. The summed E-state index contributed by atoms with van der Waals surface area (Å²) in [5.74, 6) is 0.408. The van der Waals surface area contributed by atoms with E-state index in [0.717, 1.165) is 69.5 Å². The highest BCUT2D eigenvalue weighted by Crippen LogP contribution is 2.35. The maximum Gasteiger partial charge on any atom is 0.225 e. The lowest BCUT2D eigenvalue weighted by atomic mass is 9.91. The largest absolute Gasteiger partial charge is 0.356 e. The predicted molar refractivity (Wildman–Crippen MR) is 129 cm³/mol. The standard InChI is InChI=1S/C26H32FN3O2S/c1-16(2)26(31)30-13-9-21-20(17(3)33-24(21)15-30)8-12-29-10-6-18(7-11-29)25-22-5-4-19(27)14-23(22)32-28-25/h4-5,14,16,18H,6-13,15H2,1-3H3. The van der Waals surface area contributed by atoms with Gasteiger partial charge < -0.3 is 14.3 Å². The van der Waals surface area contributed by atoms with Crippen molar-refractivity contribution in [3.63, 3.8) is 0 Å². The van der Waals surface area contributed by atoms with Crippen LogP contribution in [0.1, 0.15) is 59.2 Å². The molecule has 0 N–H and O–H groups in total. The molecule has 2 aromatic heterocycles. The van der Waals surface area contributed by atoms with Gasteiger partial charge in [-0.15, -0.1) is 11.3 Å². The van der Waals surface area contributed by atoms with Crippen molar-refractivity contribution >= 4 is 28.2 Å². The number of benzene rings is 1. The predicted octanol–water partition coefficient (Wildman–Crippen LogP) is 5.30. The van der Waals surface area contributed by atoms with Crippen molar-refractivity contribution in [1.29, 1.82) is 0 Å². The summed E-state index contributed by atoms with van der Waals surface area (Å²) in [4.78, 5) is 19.8. The van der Waals surface area contributed by atoms with Crippen LogP contribution in [-0.2, 0) is 24.2 Å². The van der Waals surface area contributed by atoms with Gasteiger partial charge in [0, 0.05) is 46.1 Å². The topological polar surface area (TPSA) is 49.6 Å². The first-order valence-corrected chi connectivity index (χ1v) is 12.9. The number of piperidine rings is 1. The van der Waals surface area contributed by atoms with Crippen LogP contribution in [0, 0.1) is 18.7 Å². The number of carbonyl (C=O) groups is 1. The number of aromatic nitrogens is 1. The van der Waals surface area contributed by atoms with Crippen LogP contribution in [-0.4, -0.2) is 47.0 Å². The highest BCUT2D eigenvalue weighted by molar-refractivity contribution is 7.12. The summed E-state index contributed by atoms with van der Waals surface area (Å²) in [7, 11) is 0. The quantitative estimate of drug-likeness (QED) is 0.509. The Kier molecular flexibility index (Phi) is 6.27. The number of halogens is 1. The van der Waals surface area contributed by atoms with Crippen molar-refractivity contribution in [2.75, 3.05) is 26.2 Å². The molecule has 1 aromatic carbocycles. The number of carbonyl (C=O) groups excluding carboxylic acids is 1. The Labute approximate surface area is 198 Å². The number of hydrogen-bond acceptors (Lipinski definition) is 5. The average molecular weight is 470 g/mol. The number of hydrogen-bond donors (Lipinski definition) is 0. The smallest absolute Gasteiger partial charge is 0.225 e. The van der Waals surface area contributed by atoms with Crippen molar-refractivity contribution in [3.05, 3.63) is 50.6 Å². The van der Waals surface area contributed by atoms with Crippen molar-refractivity contribution in [1.82, 2.24) is 15.0 Å². The minimum atomic E-state index is -0.287. The molecule has 2 aliphatic heterocycles. The Hall–Kier alpha value is -2.25. The van der Waals surface area contributed by atoms with Gasteiger partial charge >= 0.3 is 0 Å². The molecule has 176 valence electrons. The molecule has 1 saturated heterocycles. The van der Waals surface area contributed by atoms with E-state index in [1.165, 1.54) is 33.0 Å². The van der Waals surface area contributed by atoms with Gasteiger partial charge in [-0.1, -0.05) is 19.0 Å². The molecular formula is C26H32FN3O2S. The van der Waals surface area contributed by atoms with Gasteiger partial charge in [0.15, 0.2) is 5.58 Å². The molecule has 33 heavy (non-hydrogen) atoms. The van der Waals surface area contributed by atoms with Crippen LogP contribution in [0.25, 0.3) is 11.0 Å². The zero-order chi connectivity index (χ0) is 23.1. The minimum Gasteiger partial charge on any atom is -0.356 e. The monoisotopic (exact) mass is 469 g/mol. The van der Waals surface area contributed by atoms with Crippen LogP contribution in [0.5, 0.6) is 0 Å².